The van der Waals surface area contributed by atoms with Gasteiger partial charge in [-0.3, -0.25) is 10.7 Å². The first-order valence-corrected chi connectivity index (χ1v) is 6.43. The zero-order valence-corrected chi connectivity index (χ0v) is 12.2. The largest absolute Gasteiger partial charge is 0.467 e. The number of benzene rings is 1. The summed E-state index contributed by atoms with van der Waals surface area (Å²) in [4.78, 5) is 19.1. The van der Waals surface area contributed by atoms with E-state index in [1.807, 2.05) is 5.32 Å². The fourth-order valence-corrected chi connectivity index (χ4v) is 1.76. The highest BCUT2D eigenvalue weighted by molar-refractivity contribution is 5.90. The summed E-state index contributed by atoms with van der Waals surface area (Å²) in [5.41, 5.74) is 5.87. The van der Waals surface area contributed by atoms with E-state index in [1.54, 1.807) is 12.1 Å². The lowest BCUT2D eigenvalue weighted by molar-refractivity contribution is 0.143. The number of methoxy groups -OCH3 is 1. The molecule has 0 saturated carbocycles. The summed E-state index contributed by atoms with van der Waals surface area (Å²) in [7, 11) is 1.43. The minimum Gasteiger partial charge on any atom is -0.467 e. The zero-order valence-electron chi connectivity index (χ0n) is 12.2. The molecule has 1 amide bonds. The number of carbonyl (C=O) groups is 1. The van der Waals surface area contributed by atoms with Crippen LogP contribution >= 0.6 is 0 Å². The third kappa shape index (κ3) is 4.13. The van der Waals surface area contributed by atoms with Crippen LogP contribution < -0.4 is 15.8 Å². The van der Waals surface area contributed by atoms with Gasteiger partial charge in [0.15, 0.2) is 5.96 Å². The molecule has 0 aliphatic rings. The van der Waals surface area contributed by atoms with Gasteiger partial charge in [-0.05, 0) is 0 Å². The van der Waals surface area contributed by atoms with Crippen molar-refractivity contribution in [2.75, 3.05) is 7.11 Å². The van der Waals surface area contributed by atoms with Crippen molar-refractivity contribution in [3.05, 3.63) is 42.0 Å². The monoisotopic (exact) mass is 319 g/mol. The molecule has 1 aromatic heterocycles. The molecule has 0 radical (unpaired) electrons. The van der Waals surface area contributed by atoms with Crippen molar-refractivity contribution in [2.24, 2.45) is 5.73 Å². The van der Waals surface area contributed by atoms with Gasteiger partial charge in [0.2, 0.25) is 0 Å². The molecule has 0 unspecified atom stereocenters. The summed E-state index contributed by atoms with van der Waals surface area (Å²) in [6.07, 6.45) is 1.92. The van der Waals surface area contributed by atoms with Gasteiger partial charge in [-0.1, -0.05) is 18.2 Å². The highest BCUT2D eigenvalue weighted by Gasteiger charge is 2.13. The summed E-state index contributed by atoms with van der Waals surface area (Å²) in [6, 6.07) is 4.82. The normalized spacial score (nSPS) is 10.0. The molecule has 1 aromatic carbocycles. The number of aromatic nitrogens is 2. The average molecular weight is 319 g/mol. The van der Waals surface area contributed by atoms with Gasteiger partial charge in [-0.2, -0.15) is 0 Å². The standard InChI is InChI=1S/C14H14FN5O3/c1-22-13-18-5-9(6-19-13)10-4-2-3-8(11(10)15)7-23-14(21)20-12(16)17/h2-6H,7H2,1H3,(H4,16,17,20,21). The molecule has 120 valence electrons. The first-order chi connectivity index (χ1) is 11.0. The van der Waals surface area contributed by atoms with E-state index in [2.05, 4.69) is 9.97 Å². The SMILES string of the molecule is COc1ncc(-c2cccc(COC(=O)NC(=N)N)c2F)cn1. The number of carbonyl (C=O) groups excluding carboxylic acids is 1. The van der Waals surface area contributed by atoms with E-state index >= 15 is 0 Å². The topological polar surface area (TPSA) is 123 Å². The minimum absolute atomic E-state index is 0.164. The second-order valence-electron chi connectivity index (χ2n) is 4.35. The summed E-state index contributed by atoms with van der Waals surface area (Å²) < 4.78 is 24.1. The fraction of sp³-hybridized carbons (Fsp3) is 0.143. The number of nitrogens with one attached hydrogen (secondary N) is 2. The van der Waals surface area contributed by atoms with Crippen molar-refractivity contribution in [1.29, 1.82) is 5.41 Å². The Morgan fingerprint density at radius 2 is 2.09 bits per heavy atom. The number of halogens is 1. The lowest BCUT2D eigenvalue weighted by Gasteiger charge is -2.09. The molecule has 0 spiro atoms. The van der Waals surface area contributed by atoms with Crippen LogP contribution in [0.2, 0.25) is 0 Å². The Kier molecular flexibility index (Phi) is 5.03. The molecule has 0 aliphatic heterocycles. The Bertz CT molecular complexity index is 721. The van der Waals surface area contributed by atoms with Gasteiger partial charge < -0.3 is 15.2 Å². The molecule has 4 N–H and O–H groups in total. The Labute approximate surface area is 131 Å². The van der Waals surface area contributed by atoms with Crippen LogP contribution in [0, 0.1) is 11.2 Å². The highest BCUT2D eigenvalue weighted by Crippen LogP contribution is 2.25. The van der Waals surface area contributed by atoms with Crippen LogP contribution in [0.5, 0.6) is 6.01 Å². The molecule has 0 bridgehead atoms. The minimum atomic E-state index is -0.935. The molecule has 23 heavy (non-hydrogen) atoms. The number of ether oxygens (including phenoxy) is 2. The highest BCUT2D eigenvalue weighted by atomic mass is 19.1. The van der Waals surface area contributed by atoms with Gasteiger partial charge in [0.1, 0.15) is 12.4 Å². The van der Waals surface area contributed by atoms with E-state index in [0.29, 0.717) is 5.56 Å². The van der Waals surface area contributed by atoms with Gasteiger partial charge in [0, 0.05) is 29.1 Å². The molecule has 0 fully saturated rings. The molecule has 9 heteroatoms. The van der Waals surface area contributed by atoms with E-state index in [0.717, 1.165) is 0 Å². The van der Waals surface area contributed by atoms with Crippen molar-refractivity contribution in [1.82, 2.24) is 15.3 Å². The summed E-state index contributed by atoms with van der Waals surface area (Å²) in [5.74, 6) is -1.11. The van der Waals surface area contributed by atoms with Gasteiger partial charge >= 0.3 is 12.1 Å². The van der Waals surface area contributed by atoms with Crippen LogP contribution in [-0.4, -0.2) is 29.1 Å². The molecule has 2 aromatic rings. The van der Waals surface area contributed by atoms with Gasteiger partial charge in [0.05, 0.1) is 7.11 Å². The molecule has 1 heterocycles. The van der Waals surface area contributed by atoms with Crippen molar-refractivity contribution in [3.8, 4) is 17.1 Å². The van der Waals surface area contributed by atoms with Crippen molar-refractivity contribution in [2.45, 2.75) is 6.61 Å². The second kappa shape index (κ2) is 7.16. The molecule has 2 rings (SSSR count). The number of amides is 1. The van der Waals surface area contributed by atoms with E-state index in [-0.39, 0.29) is 23.7 Å². The Morgan fingerprint density at radius 3 is 2.70 bits per heavy atom. The number of alkyl carbamates (subject to hydrolysis) is 1. The Balaban J connectivity index is 2.17. The average Bonchev–Trinajstić information content (AvgIpc) is 2.53. The lowest BCUT2D eigenvalue weighted by atomic mass is 10.1. The van der Waals surface area contributed by atoms with E-state index in [4.69, 9.17) is 20.6 Å². The maximum Gasteiger partial charge on any atom is 0.414 e. The number of hydrogen-bond donors (Lipinski definition) is 3. The first kappa shape index (κ1) is 16.1. The molecular formula is C14H14FN5O3. The third-order valence-corrected chi connectivity index (χ3v) is 2.80. The molecule has 0 saturated heterocycles. The Hall–Kier alpha value is -3.23. The van der Waals surface area contributed by atoms with Crippen molar-refractivity contribution in [3.63, 3.8) is 0 Å². The van der Waals surface area contributed by atoms with Crippen LogP contribution in [0.4, 0.5) is 9.18 Å². The van der Waals surface area contributed by atoms with Crippen molar-refractivity contribution < 1.29 is 18.7 Å². The summed E-state index contributed by atoms with van der Waals surface area (Å²) in [5, 5.41) is 8.83. The lowest BCUT2D eigenvalue weighted by Crippen LogP contribution is -2.36. The van der Waals surface area contributed by atoms with Crippen LogP contribution in [0.3, 0.4) is 0 Å². The maximum absolute atomic E-state index is 14.5. The zero-order chi connectivity index (χ0) is 16.8. The molecular weight excluding hydrogens is 305 g/mol. The molecule has 8 nitrogen and oxygen atoms in total. The maximum atomic E-state index is 14.5. The number of hydrogen-bond acceptors (Lipinski definition) is 6. The van der Waals surface area contributed by atoms with Crippen LogP contribution in [0.1, 0.15) is 5.56 Å². The number of nitrogens with zero attached hydrogens (tertiary/aromatic N) is 2. The molecule has 0 aliphatic carbocycles. The van der Waals surface area contributed by atoms with Crippen LogP contribution in [-0.2, 0) is 11.3 Å². The Morgan fingerprint density at radius 1 is 1.39 bits per heavy atom. The van der Waals surface area contributed by atoms with Crippen LogP contribution in [0.25, 0.3) is 11.1 Å². The predicted octanol–water partition coefficient (Wildman–Crippen LogP) is 1.41. The fourth-order valence-electron chi connectivity index (χ4n) is 1.76. The quantitative estimate of drug-likeness (QED) is 0.578. The number of nitrogens with two attached hydrogens (primary N) is 1. The van der Waals surface area contributed by atoms with E-state index < -0.39 is 17.9 Å². The predicted molar refractivity (Wildman–Crippen MR) is 79.2 cm³/mol. The second-order valence-corrected chi connectivity index (χ2v) is 4.35. The van der Waals surface area contributed by atoms with E-state index in [1.165, 1.54) is 25.6 Å². The first-order valence-electron chi connectivity index (χ1n) is 6.43. The summed E-state index contributed by atoms with van der Waals surface area (Å²) in [6.45, 7) is -0.310. The van der Waals surface area contributed by atoms with E-state index in [9.17, 15) is 9.18 Å². The summed E-state index contributed by atoms with van der Waals surface area (Å²) >= 11 is 0. The third-order valence-electron chi connectivity index (χ3n) is 2.80. The smallest absolute Gasteiger partial charge is 0.414 e. The number of rotatable bonds is 4. The number of guanidine groups is 1. The van der Waals surface area contributed by atoms with Gasteiger partial charge in [-0.25, -0.2) is 19.2 Å². The van der Waals surface area contributed by atoms with Gasteiger partial charge in [-0.15, -0.1) is 0 Å². The van der Waals surface area contributed by atoms with Crippen molar-refractivity contribution >= 4 is 12.1 Å². The molecule has 0 atom stereocenters. The van der Waals surface area contributed by atoms with Gasteiger partial charge in [0.25, 0.3) is 0 Å². The van der Waals surface area contributed by atoms with Crippen LogP contribution in [0.15, 0.2) is 30.6 Å².